The fourth-order valence-corrected chi connectivity index (χ4v) is 3.50. The zero-order chi connectivity index (χ0) is 14.2. The van der Waals surface area contributed by atoms with Gasteiger partial charge in [0.25, 0.3) is 0 Å². The van der Waals surface area contributed by atoms with E-state index in [1.54, 1.807) is 6.33 Å². The summed E-state index contributed by atoms with van der Waals surface area (Å²) in [6.07, 6.45) is 7.75. The Balaban J connectivity index is 2.05. The van der Waals surface area contributed by atoms with Crippen molar-refractivity contribution in [2.24, 2.45) is 0 Å². The molecule has 5 nitrogen and oxygen atoms in total. The van der Waals surface area contributed by atoms with Crippen molar-refractivity contribution in [1.29, 1.82) is 0 Å². The predicted octanol–water partition coefficient (Wildman–Crippen LogP) is 2.25. The second-order valence-corrected chi connectivity index (χ2v) is 6.93. The molecule has 2 N–H and O–H groups in total. The van der Waals surface area contributed by atoms with Gasteiger partial charge in [-0.15, -0.1) is 0 Å². The normalized spacial score (nSPS) is 18.6. The van der Waals surface area contributed by atoms with Gasteiger partial charge >= 0.3 is 0 Å². The number of fused-ring (bicyclic) bond motifs is 1. The molecule has 106 valence electrons. The average molecular weight is 291 g/mol. The summed E-state index contributed by atoms with van der Waals surface area (Å²) in [5, 5.41) is 0. The van der Waals surface area contributed by atoms with E-state index < -0.39 is 10.0 Å². The van der Waals surface area contributed by atoms with Gasteiger partial charge in [0.15, 0.2) is 0 Å². The molecule has 20 heavy (non-hydrogen) atoms. The highest BCUT2D eigenvalue weighted by Crippen LogP contribution is 2.38. The zero-order valence-electron chi connectivity index (χ0n) is 11.3. The largest absolute Gasteiger partial charge is 0.351 e. The molecule has 0 spiro atoms. The molecular weight excluding hydrogens is 274 g/mol. The van der Waals surface area contributed by atoms with Crippen LogP contribution in [0, 0.1) is 0 Å². The molecule has 1 aliphatic rings. The van der Waals surface area contributed by atoms with Crippen molar-refractivity contribution in [1.82, 2.24) is 9.97 Å². The second kappa shape index (κ2) is 4.94. The summed E-state index contributed by atoms with van der Waals surface area (Å²) in [6.45, 7) is 0. The fourth-order valence-electron chi connectivity index (χ4n) is 2.91. The maximum atomic E-state index is 11.5. The van der Waals surface area contributed by atoms with Crippen molar-refractivity contribution < 1.29 is 8.42 Å². The van der Waals surface area contributed by atoms with Crippen LogP contribution < -0.4 is 4.72 Å². The van der Waals surface area contributed by atoms with Gasteiger partial charge in [-0.25, -0.2) is 13.4 Å². The number of aromatic nitrogens is 2. The van der Waals surface area contributed by atoms with Crippen molar-refractivity contribution >= 4 is 15.7 Å². The maximum absolute atomic E-state index is 11.5. The van der Waals surface area contributed by atoms with Crippen molar-refractivity contribution in [3.05, 3.63) is 47.5 Å². The Labute approximate surface area is 118 Å². The van der Waals surface area contributed by atoms with E-state index in [-0.39, 0.29) is 5.92 Å². The van der Waals surface area contributed by atoms with Gasteiger partial charge in [0.05, 0.1) is 24.0 Å². The lowest BCUT2D eigenvalue weighted by Crippen LogP contribution is -2.16. The summed E-state index contributed by atoms with van der Waals surface area (Å²) in [7, 11) is -3.25. The standard InChI is InChI=1S/C14H17N3O2S/c1-20(18,19)17-13-7-3-4-10-11(13)5-2-6-12(10)14-8-15-9-16-14/h3-4,7-9,12,17H,2,5-6H2,1H3,(H,15,16)/t12-/m0/s1. The third-order valence-corrected chi connectivity index (χ3v) is 4.27. The van der Waals surface area contributed by atoms with Crippen LogP contribution in [0.4, 0.5) is 5.69 Å². The average Bonchev–Trinajstić information content (AvgIpc) is 2.90. The molecule has 0 amide bonds. The smallest absolute Gasteiger partial charge is 0.229 e. The number of hydrogen-bond donors (Lipinski definition) is 2. The maximum Gasteiger partial charge on any atom is 0.229 e. The van der Waals surface area contributed by atoms with Gasteiger partial charge in [-0.3, -0.25) is 4.72 Å². The highest BCUT2D eigenvalue weighted by atomic mass is 32.2. The number of hydrogen-bond acceptors (Lipinski definition) is 3. The molecule has 0 radical (unpaired) electrons. The Kier molecular flexibility index (Phi) is 3.25. The van der Waals surface area contributed by atoms with E-state index in [4.69, 9.17) is 0 Å². The van der Waals surface area contributed by atoms with Gasteiger partial charge in [0.1, 0.15) is 0 Å². The van der Waals surface area contributed by atoms with E-state index in [1.165, 1.54) is 11.8 Å². The molecule has 0 bridgehead atoms. The molecular formula is C14H17N3O2S. The number of sulfonamides is 1. The number of anilines is 1. The number of nitrogens with zero attached hydrogens (tertiary/aromatic N) is 1. The summed E-state index contributed by atoms with van der Waals surface area (Å²) in [6, 6.07) is 5.80. The van der Waals surface area contributed by atoms with E-state index in [2.05, 4.69) is 20.8 Å². The molecule has 6 heteroatoms. The molecule has 3 rings (SSSR count). The van der Waals surface area contributed by atoms with Crippen LogP contribution >= 0.6 is 0 Å². The number of rotatable bonds is 3. The third-order valence-electron chi connectivity index (χ3n) is 3.68. The van der Waals surface area contributed by atoms with Gasteiger partial charge in [-0.05, 0) is 36.5 Å². The van der Waals surface area contributed by atoms with Crippen LogP contribution in [0.2, 0.25) is 0 Å². The number of aromatic amines is 1. The summed E-state index contributed by atoms with van der Waals surface area (Å²) in [5.74, 6) is 0.242. The first-order valence-electron chi connectivity index (χ1n) is 6.63. The highest BCUT2D eigenvalue weighted by molar-refractivity contribution is 7.92. The summed E-state index contributed by atoms with van der Waals surface area (Å²) in [5.41, 5.74) is 3.99. The summed E-state index contributed by atoms with van der Waals surface area (Å²) in [4.78, 5) is 7.34. The van der Waals surface area contributed by atoms with Crippen LogP contribution in [0.5, 0.6) is 0 Å². The molecule has 1 aromatic carbocycles. The minimum atomic E-state index is -3.25. The summed E-state index contributed by atoms with van der Waals surface area (Å²) >= 11 is 0. The van der Waals surface area contributed by atoms with Crippen LogP contribution in [-0.2, 0) is 16.4 Å². The molecule has 1 atom stereocenters. The Hall–Kier alpha value is -1.82. The van der Waals surface area contributed by atoms with E-state index in [0.29, 0.717) is 5.69 Å². The number of nitrogens with one attached hydrogen (secondary N) is 2. The predicted molar refractivity (Wildman–Crippen MR) is 78.3 cm³/mol. The molecule has 0 saturated heterocycles. The third kappa shape index (κ3) is 2.56. The van der Waals surface area contributed by atoms with Crippen molar-refractivity contribution in [3.63, 3.8) is 0 Å². The lowest BCUT2D eigenvalue weighted by molar-refractivity contribution is 0.603. The molecule has 1 heterocycles. The highest BCUT2D eigenvalue weighted by Gasteiger charge is 2.25. The van der Waals surface area contributed by atoms with Crippen LogP contribution in [0.1, 0.15) is 35.6 Å². The second-order valence-electron chi connectivity index (χ2n) is 5.19. The van der Waals surface area contributed by atoms with Gasteiger partial charge < -0.3 is 4.98 Å². The minimum Gasteiger partial charge on any atom is -0.351 e. The van der Waals surface area contributed by atoms with Crippen molar-refractivity contribution in [2.45, 2.75) is 25.2 Å². The van der Waals surface area contributed by atoms with Gasteiger partial charge in [-0.1, -0.05) is 12.1 Å². The van der Waals surface area contributed by atoms with E-state index in [1.807, 2.05) is 18.3 Å². The molecule has 0 saturated carbocycles. The molecule has 1 aliphatic carbocycles. The number of benzene rings is 1. The van der Waals surface area contributed by atoms with E-state index >= 15 is 0 Å². The fraction of sp³-hybridized carbons (Fsp3) is 0.357. The van der Waals surface area contributed by atoms with Crippen molar-refractivity contribution in [3.8, 4) is 0 Å². The Bertz CT molecular complexity index is 708. The van der Waals surface area contributed by atoms with E-state index in [9.17, 15) is 8.42 Å². The van der Waals surface area contributed by atoms with Gasteiger partial charge in [0.2, 0.25) is 10.0 Å². The van der Waals surface area contributed by atoms with Gasteiger partial charge in [-0.2, -0.15) is 0 Å². The number of H-pyrrole nitrogens is 1. The molecule has 0 aliphatic heterocycles. The lowest BCUT2D eigenvalue weighted by Gasteiger charge is -2.26. The topological polar surface area (TPSA) is 74.8 Å². The Morgan fingerprint density at radius 2 is 2.25 bits per heavy atom. The first-order chi connectivity index (χ1) is 9.54. The molecule has 0 unspecified atom stereocenters. The molecule has 2 aromatic rings. The Morgan fingerprint density at radius 1 is 1.40 bits per heavy atom. The quantitative estimate of drug-likeness (QED) is 0.910. The monoisotopic (exact) mass is 291 g/mol. The number of imidazole rings is 1. The van der Waals surface area contributed by atoms with Crippen molar-refractivity contribution in [2.75, 3.05) is 11.0 Å². The first kappa shape index (κ1) is 13.2. The minimum absolute atomic E-state index is 0.242. The lowest BCUT2D eigenvalue weighted by atomic mass is 9.80. The molecule has 0 fully saturated rings. The first-order valence-corrected chi connectivity index (χ1v) is 8.52. The van der Waals surface area contributed by atoms with Crippen LogP contribution in [0.15, 0.2) is 30.7 Å². The molecule has 1 aromatic heterocycles. The van der Waals surface area contributed by atoms with Crippen LogP contribution in [0.3, 0.4) is 0 Å². The Morgan fingerprint density at radius 3 is 2.95 bits per heavy atom. The van der Waals surface area contributed by atoms with E-state index in [0.717, 1.165) is 30.5 Å². The zero-order valence-corrected chi connectivity index (χ0v) is 12.1. The van der Waals surface area contributed by atoms with Gasteiger partial charge in [0, 0.05) is 12.1 Å². The van der Waals surface area contributed by atoms with Crippen LogP contribution in [-0.4, -0.2) is 24.6 Å². The summed E-state index contributed by atoms with van der Waals surface area (Å²) < 4.78 is 25.6. The van der Waals surface area contributed by atoms with Crippen LogP contribution in [0.25, 0.3) is 0 Å². The SMILES string of the molecule is CS(=O)(=O)Nc1cccc2c1CCC[C@@H]2c1c[nH]cn1.